The van der Waals surface area contributed by atoms with Crippen LogP contribution >= 0.6 is 22.7 Å². The second-order valence-electron chi connectivity index (χ2n) is 7.66. The van der Waals surface area contributed by atoms with Crippen molar-refractivity contribution in [3.63, 3.8) is 0 Å². The molecule has 14 heteroatoms. The second kappa shape index (κ2) is 14.3. The Balaban J connectivity index is 0.000000204. The summed E-state index contributed by atoms with van der Waals surface area (Å²) in [4.78, 5) is 11.2. The molecule has 0 amide bonds. The normalized spacial score (nSPS) is 11.2. The van der Waals surface area contributed by atoms with Crippen LogP contribution in [-0.2, 0) is 33.1 Å². The molecule has 0 radical (unpaired) electrons. The summed E-state index contributed by atoms with van der Waals surface area (Å²) in [6.45, 7) is 4.25. The SMILES string of the molecule is CCc1sc(N)nc1-c1ccccc1.CCc1sc(N)nc1-c1ccccc1.O=S(=O)(O)CCS(=O)(=O)O. The van der Waals surface area contributed by atoms with E-state index in [1.165, 1.54) is 9.75 Å². The first-order chi connectivity index (χ1) is 17.8. The maximum absolute atomic E-state index is 9.86. The zero-order valence-corrected chi connectivity index (χ0v) is 24.1. The Kier molecular flexibility index (Phi) is 11.8. The van der Waals surface area contributed by atoms with Gasteiger partial charge in [0.1, 0.15) is 0 Å². The highest BCUT2D eigenvalue weighted by Crippen LogP contribution is 2.30. The molecule has 4 rings (SSSR count). The average Bonchev–Trinajstić information content (AvgIpc) is 3.45. The molecule has 2 heterocycles. The zero-order valence-electron chi connectivity index (χ0n) is 20.8. The number of nitrogens with two attached hydrogens (primary N) is 2. The monoisotopic (exact) mass is 598 g/mol. The van der Waals surface area contributed by atoms with Crippen LogP contribution in [0.4, 0.5) is 10.3 Å². The van der Waals surface area contributed by atoms with Gasteiger partial charge in [-0.1, -0.05) is 74.5 Å². The summed E-state index contributed by atoms with van der Waals surface area (Å²) in [7, 11) is -8.59. The predicted octanol–water partition coefficient (Wildman–Crippen LogP) is 4.67. The Bertz CT molecular complexity index is 1390. The fraction of sp³-hybridized carbons (Fsp3) is 0.250. The van der Waals surface area contributed by atoms with Crippen LogP contribution in [0.3, 0.4) is 0 Å². The highest BCUT2D eigenvalue weighted by Gasteiger charge is 2.12. The third kappa shape index (κ3) is 10.8. The third-order valence-electron chi connectivity index (χ3n) is 4.76. The minimum atomic E-state index is -4.30. The largest absolute Gasteiger partial charge is 0.375 e. The van der Waals surface area contributed by atoms with Crippen molar-refractivity contribution >= 4 is 53.2 Å². The van der Waals surface area contributed by atoms with Gasteiger partial charge >= 0.3 is 0 Å². The zero-order chi connectivity index (χ0) is 28.3. The molecule has 0 saturated carbocycles. The molecule has 206 valence electrons. The lowest BCUT2D eigenvalue weighted by Gasteiger charge is -1.98. The van der Waals surface area contributed by atoms with Crippen molar-refractivity contribution in [1.82, 2.24) is 9.97 Å². The van der Waals surface area contributed by atoms with E-state index >= 15 is 0 Å². The van der Waals surface area contributed by atoms with Gasteiger partial charge in [-0.25, -0.2) is 9.97 Å². The number of thiazole rings is 2. The van der Waals surface area contributed by atoms with Crippen molar-refractivity contribution in [2.75, 3.05) is 23.0 Å². The van der Waals surface area contributed by atoms with Gasteiger partial charge in [-0.05, 0) is 12.8 Å². The summed E-state index contributed by atoms with van der Waals surface area (Å²) < 4.78 is 55.4. The van der Waals surface area contributed by atoms with Crippen molar-refractivity contribution < 1.29 is 25.9 Å². The van der Waals surface area contributed by atoms with Crippen LogP contribution in [-0.4, -0.2) is 47.4 Å². The summed E-state index contributed by atoms with van der Waals surface area (Å²) in [5, 5.41) is 1.31. The van der Waals surface area contributed by atoms with Crippen molar-refractivity contribution in [2.24, 2.45) is 0 Å². The Morgan fingerprint density at radius 2 is 0.974 bits per heavy atom. The molecule has 0 aliphatic carbocycles. The summed E-state index contributed by atoms with van der Waals surface area (Å²) in [6.07, 6.45) is 1.97. The topological polar surface area (TPSA) is 187 Å². The highest BCUT2D eigenvalue weighted by atomic mass is 32.2. The number of hydrogen-bond donors (Lipinski definition) is 4. The standard InChI is InChI=1S/2C11H12N2S.C2H6O6S2/c2*1-2-9-10(13-11(12)14-9)8-6-4-3-5-7-8;3-9(4,5)1-2-10(6,7)8/h2*3-7H,2H2,1H3,(H2,12,13);1-2H2,(H,3,4,5)(H,6,7,8). The molecule has 0 unspecified atom stereocenters. The molecule has 2 aromatic carbocycles. The van der Waals surface area contributed by atoms with Crippen molar-refractivity contribution in [3.05, 3.63) is 70.4 Å². The smallest absolute Gasteiger partial charge is 0.265 e. The Morgan fingerprint density at radius 3 is 1.24 bits per heavy atom. The lowest BCUT2D eigenvalue weighted by atomic mass is 10.1. The minimum absolute atomic E-state index is 0.653. The number of hydrogen-bond acceptors (Lipinski definition) is 10. The van der Waals surface area contributed by atoms with Gasteiger partial charge in [0.15, 0.2) is 10.3 Å². The molecule has 10 nitrogen and oxygen atoms in total. The number of aromatic nitrogens is 2. The summed E-state index contributed by atoms with van der Waals surface area (Å²) in [6, 6.07) is 20.3. The van der Waals surface area contributed by atoms with E-state index in [-0.39, 0.29) is 0 Å². The fourth-order valence-electron chi connectivity index (χ4n) is 3.07. The van der Waals surface area contributed by atoms with Gasteiger partial charge in [0, 0.05) is 20.9 Å². The van der Waals surface area contributed by atoms with E-state index in [1.54, 1.807) is 22.7 Å². The van der Waals surface area contributed by atoms with Crippen molar-refractivity contribution in [3.8, 4) is 22.5 Å². The van der Waals surface area contributed by atoms with Gasteiger partial charge in [0.25, 0.3) is 20.2 Å². The maximum atomic E-state index is 9.86. The van der Waals surface area contributed by atoms with Crippen LogP contribution in [0.1, 0.15) is 23.6 Å². The van der Waals surface area contributed by atoms with Crippen molar-refractivity contribution in [2.45, 2.75) is 26.7 Å². The van der Waals surface area contributed by atoms with Crippen LogP contribution in [0.25, 0.3) is 22.5 Å². The number of anilines is 2. The molecule has 38 heavy (non-hydrogen) atoms. The molecular weight excluding hydrogens is 569 g/mol. The maximum Gasteiger partial charge on any atom is 0.265 e. The van der Waals surface area contributed by atoms with Gasteiger partial charge in [0.05, 0.1) is 22.9 Å². The number of nitrogens with zero attached hydrogens (tertiary/aromatic N) is 2. The molecule has 0 atom stereocenters. The van der Waals surface area contributed by atoms with Gasteiger partial charge in [-0.2, -0.15) is 16.8 Å². The molecule has 0 fully saturated rings. The predicted molar refractivity (Wildman–Crippen MR) is 156 cm³/mol. The number of rotatable bonds is 7. The molecule has 0 aliphatic heterocycles. The molecular formula is C24H30N4O6S4. The van der Waals surface area contributed by atoms with Crippen molar-refractivity contribution in [1.29, 1.82) is 0 Å². The van der Waals surface area contributed by atoms with E-state index in [0.29, 0.717) is 10.3 Å². The molecule has 6 N–H and O–H groups in total. The van der Waals surface area contributed by atoms with Crippen LogP contribution in [0.5, 0.6) is 0 Å². The van der Waals surface area contributed by atoms with E-state index in [9.17, 15) is 16.8 Å². The summed E-state index contributed by atoms with van der Waals surface area (Å²) in [5.41, 5.74) is 15.8. The Hall–Kier alpha value is -2.88. The van der Waals surface area contributed by atoms with E-state index in [4.69, 9.17) is 20.6 Å². The van der Waals surface area contributed by atoms with Crippen LogP contribution in [0.15, 0.2) is 60.7 Å². The second-order valence-corrected chi connectivity index (χ2v) is 13.0. The summed E-state index contributed by atoms with van der Waals surface area (Å²) in [5.74, 6) is -1.96. The van der Waals surface area contributed by atoms with Gasteiger partial charge in [-0.3, -0.25) is 9.11 Å². The number of nitrogen functional groups attached to an aromatic ring is 2. The molecule has 0 spiro atoms. The molecule has 2 aromatic heterocycles. The summed E-state index contributed by atoms with van der Waals surface area (Å²) >= 11 is 3.15. The first kappa shape index (κ1) is 31.3. The van der Waals surface area contributed by atoms with Gasteiger partial charge in [-0.15, -0.1) is 22.7 Å². The van der Waals surface area contributed by atoms with E-state index in [0.717, 1.165) is 35.4 Å². The number of aryl methyl sites for hydroxylation is 2. The lowest BCUT2D eigenvalue weighted by molar-refractivity contribution is 0.472. The molecule has 4 aromatic rings. The van der Waals surface area contributed by atoms with Gasteiger partial charge < -0.3 is 11.5 Å². The van der Waals surface area contributed by atoms with E-state index in [2.05, 4.69) is 48.1 Å². The first-order valence-electron chi connectivity index (χ1n) is 11.3. The van der Waals surface area contributed by atoms with Crippen LogP contribution in [0.2, 0.25) is 0 Å². The minimum Gasteiger partial charge on any atom is -0.375 e. The van der Waals surface area contributed by atoms with Gasteiger partial charge in [0.2, 0.25) is 0 Å². The first-order valence-corrected chi connectivity index (χ1v) is 16.2. The Labute approximate surface area is 230 Å². The quantitative estimate of drug-likeness (QED) is 0.218. The van der Waals surface area contributed by atoms with Crippen LogP contribution in [0, 0.1) is 0 Å². The molecule has 0 aliphatic rings. The lowest BCUT2D eigenvalue weighted by Crippen LogP contribution is -2.15. The molecule has 0 saturated heterocycles. The fourth-order valence-corrected chi connectivity index (χ4v) is 6.35. The molecule has 0 bridgehead atoms. The third-order valence-corrected chi connectivity index (χ3v) is 8.52. The van der Waals surface area contributed by atoms with E-state index in [1.807, 2.05) is 36.4 Å². The van der Waals surface area contributed by atoms with E-state index < -0.39 is 31.7 Å². The number of benzene rings is 2. The van der Waals surface area contributed by atoms with Crippen LogP contribution < -0.4 is 11.5 Å². The highest BCUT2D eigenvalue weighted by molar-refractivity contribution is 7.89. The average molecular weight is 599 g/mol. The Morgan fingerprint density at radius 1 is 0.658 bits per heavy atom.